The van der Waals surface area contributed by atoms with Gasteiger partial charge in [-0.15, -0.1) is 0 Å². The Morgan fingerprint density at radius 3 is 2.17 bits per heavy atom. The first kappa shape index (κ1) is 22.2. The van der Waals surface area contributed by atoms with Crippen molar-refractivity contribution in [2.75, 3.05) is 32.8 Å². The van der Waals surface area contributed by atoms with Gasteiger partial charge >= 0.3 is 5.97 Å². The molecule has 1 aromatic rings. The van der Waals surface area contributed by atoms with Gasteiger partial charge in [0.15, 0.2) is 0 Å². The monoisotopic (exact) mass is 417 g/mol. The Morgan fingerprint density at radius 2 is 1.60 bits per heavy atom. The van der Waals surface area contributed by atoms with E-state index in [-0.39, 0.29) is 17.0 Å². The molecule has 8 heteroatoms. The molecule has 2 saturated heterocycles. The normalized spacial score (nSPS) is 25.4. The third kappa shape index (κ3) is 4.65. The van der Waals surface area contributed by atoms with Gasteiger partial charge in [0.05, 0.1) is 31.6 Å². The Balaban J connectivity index is 0.000000377. The molecule has 2 aliphatic heterocycles. The average molecular weight is 417 g/mol. The SMILES string of the molecule is O=C([O-])C(=O)[O-].O=C1CC(CCN2CCOCC2)(c2ccccc2)C2(CCCC2)O1. The third-order valence-corrected chi connectivity index (χ3v) is 6.49. The number of ether oxygens (including phenoxy) is 2. The molecule has 4 rings (SSSR count). The summed E-state index contributed by atoms with van der Waals surface area (Å²) in [5.41, 5.74) is 0.837. The van der Waals surface area contributed by atoms with Gasteiger partial charge in [0.25, 0.3) is 0 Å². The van der Waals surface area contributed by atoms with Crippen LogP contribution in [0, 0.1) is 0 Å². The Hall–Kier alpha value is -2.45. The topological polar surface area (TPSA) is 119 Å². The van der Waals surface area contributed by atoms with E-state index in [1.807, 2.05) is 0 Å². The van der Waals surface area contributed by atoms with Crippen molar-refractivity contribution in [1.29, 1.82) is 0 Å². The summed E-state index contributed by atoms with van der Waals surface area (Å²) >= 11 is 0. The van der Waals surface area contributed by atoms with E-state index in [4.69, 9.17) is 29.3 Å². The first-order valence-corrected chi connectivity index (χ1v) is 10.4. The average Bonchev–Trinajstić information content (AvgIpc) is 3.33. The fourth-order valence-electron chi connectivity index (χ4n) is 5.04. The minimum atomic E-state index is -2.19. The highest BCUT2D eigenvalue weighted by Gasteiger charge is 2.61. The van der Waals surface area contributed by atoms with E-state index < -0.39 is 11.9 Å². The van der Waals surface area contributed by atoms with Crippen LogP contribution >= 0.6 is 0 Å². The molecule has 1 aromatic carbocycles. The molecular weight excluding hydrogens is 390 g/mol. The zero-order chi connectivity index (χ0) is 21.6. The molecular formula is C22H27NO7-2. The number of aliphatic carboxylic acids is 2. The standard InChI is InChI=1S/C20H27NO3.C2H2O4/c22-18-16-19(17-6-2-1-3-7-17,20(24-18)8-4-5-9-20)10-11-21-12-14-23-15-13-21;3-1(4)2(5)6/h1-3,6-7H,4-5,8-16H2;(H,3,4)(H,5,6)/p-2. The summed E-state index contributed by atoms with van der Waals surface area (Å²) in [5, 5.41) is 17.9. The number of hydrogen-bond donors (Lipinski definition) is 0. The summed E-state index contributed by atoms with van der Waals surface area (Å²) in [4.78, 5) is 32.7. The number of esters is 1. The molecule has 164 valence electrons. The quantitative estimate of drug-likeness (QED) is 0.470. The van der Waals surface area contributed by atoms with Gasteiger partial charge < -0.3 is 29.3 Å². The van der Waals surface area contributed by atoms with Gasteiger partial charge in [-0.1, -0.05) is 30.3 Å². The van der Waals surface area contributed by atoms with Crippen LogP contribution in [0.25, 0.3) is 0 Å². The van der Waals surface area contributed by atoms with Crippen LogP contribution in [-0.2, 0) is 29.3 Å². The van der Waals surface area contributed by atoms with Gasteiger partial charge in [-0.2, -0.15) is 0 Å². The molecule has 1 spiro atoms. The molecule has 1 saturated carbocycles. The van der Waals surface area contributed by atoms with E-state index in [2.05, 4.69) is 35.2 Å². The van der Waals surface area contributed by atoms with Gasteiger partial charge in [-0.05, 0) is 44.2 Å². The number of carbonyl (C=O) groups excluding carboxylic acids is 3. The second-order valence-corrected chi connectivity index (χ2v) is 8.08. The lowest BCUT2D eigenvalue weighted by molar-refractivity contribution is -0.345. The molecule has 2 heterocycles. The van der Waals surface area contributed by atoms with Gasteiger partial charge in [0.2, 0.25) is 0 Å². The molecule has 30 heavy (non-hydrogen) atoms. The van der Waals surface area contributed by atoms with Crippen LogP contribution in [0.4, 0.5) is 0 Å². The third-order valence-electron chi connectivity index (χ3n) is 6.49. The van der Waals surface area contributed by atoms with Crippen molar-refractivity contribution in [2.45, 2.75) is 49.5 Å². The maximum atomic E-state index is 12.4. The molecule has 3 aliphatic rings. The number of carbonyl (C=O) groups is 3. The second-order valence-electron chi connectivity index (χ2n) is 8.08. The molecule has 0 N–H and O–H groups in total. The second kappa shape index (κ2) is 9.57. The summed E-state index contributed by atoms with van der Waals surface area (Å²) in [6.07, 6.45) is 5.87. The first-order valence-electron chi connectivity index (χ1n) is 10.4. The van der Waals surface area contributed by atoms with Crippen LogP contribution in [0.1, 0.15) is 44.1 Å². The lowest BCUT2D eigenvalue weighted by atomic mass is 9.64. The molecule has 1 unspecified atom stereocenters. The largest absolute Gasteiger partial charge is 0.543 e. The molecule has 1 atom stereocenters. The van der Waals surface area contributed by atoms with E-state index >= 15 is 0 Å². The molecule has 0 bridgehead atoms. The van der Waals surface area contributed by atoms with Crippen LogP contribution in [0.5, 0.6) is 0 Å². The Labute approximate surface area is 175 Å². The summed E-state index contributed by atoms with van der Waals surface area (Å²) in [6, 6.07) is 10.6. The highest BCUT2D eigenvalue weighted by atomic mass is 16.6. The minimum Gasteiger partial charge on any atom is -0.543 e. The van der Waals surface area contributed by atoms with Crippen molar-refractivity contribution in [3.8, 4) is 0 Å². The van der Waals surface area contributed by atoms with Crippen molar-refractivity contribution in [1.82, 2.24) is 4.90 Å². The Bertz CT molecular complexity index is 742. The van der Waals surface area contributed by atoms with E-state index in [1.54, 1.807) is 0 Å². The highest BCUT2D eigenvalue weighted by molar-refractivity contribution is 6.25. The zero-order valence-electron chi connectivity index (χ0n) is 17.0. The van der Waals surface area contributed by atoms with Crippen LogP contribution in [0.15, 0.2) is 30.3 Å². The van der Waals surface area contributed by atoms with Crippen LogP contribution < -0.4 is 10.2 Å². The van der Waals surface area contributed by atoms with E-state index in [9.17, 15) is 4.79 Å². The van der Waals surface area contributed by atoms with Crippen LogP contribution in [-0.4, -0.2) is 61.3 Å². The van der Waals surface area contributed by atoms with Gasteiger partial charge in [-0.25, -0.2) is 0 Å². The Morgan fingerprint density at radius 1 is 1.00 bits per heavy atom. The van der Waals surface area contributed by atoms with Gasteiger partial charge in [-0.3, -0.25) is 9.69 Å². The number of carboxylic acid groups (broad SMARTS) is 2. The number of benzene rings is 1. The lowest BCUT2D eigenvalue weighted by Gasteiger charge is -2.43. The van der Waals surface area contributed by atoms with Crippen molar-refractivity contribution in [3.63, 3.8) is 0 Å². The number of carboxylic acids is 2. The molecule has 8 nitrogen and oxygen atoms in total. The molecule has 0 amide bonds. The number of rotatable bonds is 4. The van der Waals surface area contributed by atoms with Gasteiger partial charge in [0, 0.05) is 18.5 Å². The van der Waals surface area contributed by atoms with Crippen molar-refractivity contribution >= 4 is 17.9 Å². The summed E-state index contributed by atoms with van der Waals surface area (Å²) in [7, 11) is 0. The van der Waals surface area contributed by atoms with Gasteiger partial charge in [0.1, 0.15) is 5.60 Å². The predicted octanol–water partition coefficient (Wildman–Crippen LogP) is -0.607. The maximum Gasteiger partial charge on any atom is 0.307 e. The summed E-state index contributed by atoms with van der Waals surface area (Å²) < 4.78 is 11.5. The van der Waals surface area contributed by atoms with Crippen molar-refractivity contribution < 1.29 is 34.1 Å². The molecule has 3 fully saturated rings. The summed E-state index contributed by atoms with van der Waals surface area (Å²) in [5.74, 6) is -4.38. The van der Waals surface area contributed by atoms with Crippen molar-refractivity contribution in [2.24, 2.45) is 0 Å². The first-order chi connectivity index (χ1) is 14.4. The van der Waals surface area contributed by atoms with Crippen molar-refractivity contribution in [3.05, 3.63) is 35.9 Å². The smallest absolute Gasteiger partial charge is 0.307 e. The number of hydrogen-bond acceptors (Lipinski definition) is 8. The number of nitrogens with zero attached hydrogens (tertiary/aromatic N) is 1. The maximum absolute atomic E-state index is 12.4. The summed E-state index contributed by atoms with van der Waals surface area (Å²) in [6.45, 7) is 4.63. The Kier molecular flexibility index (Phi) is 7.10. The highest BCUT2D eigenvalue weighted by Crippen LogP contribution is 2.56. The molecule has 1 aliphatic carbocycles. The lowest BCUT2D eigenvalue weighted by Crippen LogP contribution is -2.49. The molecule has 0 radical (unpaired) electrons. The molecule has 0 aromatic heterocycles. The fraction of sp³-hybridized carbons (Fsp3) is 0.591. The fourth-order valence-corrected chi connectivity index (χ4v) is 5.04. The predicted molar refractivity (Wildman–Crippen MR) is 102 cm³/mol. The van der Waals surface area contributed by atoms with Crippen LogP contribution in [0.2, 0.25) is 0 Å². The zero-order valence-corrected chi connectivity index (χ0v) is 17.0. The van der Waals surface area contributed by atoms with E-state index in [0.717, 1.165) is 52.1 Å². The minimum absolute atomic E-state index is 0.0114. The van der Waals surface area contributed by atoms with E-state index in [1.165, 1.54) is 18.4 Å². The van der Waals surface area contributed by atoms with Crippen LogP contribution in [0.3, 0.4) is 0 Å². The van der Waals surface area contributed by atoms with E-state index in [0.29, 0.717) is 6.42 Å². The number of morpholine rings is 1.